The number of hydrogen-bond donors (Lipinski definition) is 1. The average molecular weight is 177 g/mol. The third-order valence-corrected chi connectivity index (χ3v) is 1.96. The highest BCUT2D eigenvalue weighted by Gasteiger charge is 2.17. The molecule has 1 aliphatic heterocycles. The summed E-state index contributed by atoms with van der Waals surface area (Å²) in [6, 6.07) is 1.55. The van der Waals surface area contributed by atoms with Gasteiger partial charge in [0.05, 0.1) is 12.3 Å². The number of hydrogen-bond acceptors (Lipinski definition) is 4. The van der Waals surface area contributed by atoms with E-state index < -0.39 is 0 Å². The van der Waals surface area contributed by atoms with Crippen molar-refractivity contribution < 1.29 is 4.74 Å². The fourth-order valence-corrected chi connectivity index (χ4v) is 1.28. The Balaban J connectivity index is 2.17. The van der Waals surface area contributed by atoms with Gasteiger partial charge in [0.15, 0.2) is 0 Å². The summed E-state index contributed by atoms with van der Waals surface area (Å²) >= 11 is 0. The molecular formula is C9H11N3O. The molecule has 0 saturated heterocycles. The lowest BCUT2D eigenvalue weighted by molar-refractivity contribution is 0.224. The summed E-state index contributed by atoms with van der Waals surface area (Å²) in [6.45, 7) is 0.730. The Morgan fingerprint density at radius 2 is 2.46 bits per heavy atom. The van der Waals surface area contributed by atoms with Gasteiger partial charge in [-0.2, -0.15) is 0 Å². The summed E-state index contributed by atoms with van der Waals surface area (Å²) in [7, 11) is 0. The number of rotatable bonds is 2. The molecule has 4 heteroatoms. The largest absolute Gasteiger partial charge is 0.496 e. The molecule has 1 atom stereocenters. The normalized spacial score (nSPS) is 17.8. The molecule has 0 bridgehead atoms. The van der Waals surface area contributed by atoms with Gasteiger partial charge in [0, 0.05) is 12.6 Å². The van der Waals surface area contributed by atoms with Crippen molar-refractivity contribution in [1.82, 2.24) is 9.97 Å². The maximum Gasteiger partial charge on any atom is 0.115 e. The van der Waals surface area contributed by atoms with Crippen molar-refractivity contribution in [2.24, 2.45) is 5.73 Å². The van der Waals surface area contributed by atoms with Gasteiger partial charge in [-0.1, -0.05) is 0 Å². The molecule has 0 radical (unpaired) electrons. The first kappa shape index (κ1) is 8.19. The Labute approximate surface area is 76.5 Å². The molecule has 68 valence electrons. The standard InChI is InChI=1S/C9H11N3O/c10-9(8-2-1-5-13-8)7-3-4-11-6-12-7/h2-4,6,9H,1,5,10H2. The quantitative estimate of drug-likeness (QED) is 0.725. The summed E-state index contributed by atoms with van der Waals surface area (Å²) in [5.74, 6) is 0.818. The van der Waals surface area contributed by atoms with Gasteiger partial charge >= 0.3 is 0 Å². The van der Waals surface area contributed by atoms with Crippen molar-refractivity contribution in [2.75, 3.05) is 6.61 Å². The monoisotopic (exact) mass is 177 g/mol. The van der Waals surface area contributed by atoms with Gasteiger partial charge in [-0.15, -0.1) is 0 Å². The zero-order valence-electron chi connectivity index (χ0n) is 7.18. The molecule has 1 aliphatic rings. The molecule has 0 aromatic carbocycles. The highest BCUT2D eigenvalue weighted by atomic mass is 16.5. The first-order chi connectivity index (χ1) is 6.38. The predicted molar refractivity (Wildman–Crippen MR) is 47.6 cm³/mol. The van der Waals surface area contributed by atoms with Crippen LogP contribution in [0.3, 0.4) is 0 Å². The van der Waals surface area contributed by atoms with Crippen molar-refractivity contribution in [2.45, 2.75) is 12.5 Å². The fraction of sp³-hybridized carbons (Fsp3) is 0.333. The van der Waals surface area contributed by atoms with E-state index in [0.717, 1.165) is 24.5 Å². The van der Waals surface area contributed by atoms with Crippen LogP contribution in [0, 0.1) is 0 Å². The summed E-state index contributed by atoms with van der Waals surface area (Å²) in [5.41, 5.74) is 6.71. The molecule has 1 unspecified atom stereocenters. The van der Waals surface area contributed by atoms with Crippen LogP contribution in [0.4, 0.5) is 0 Å². The Morgan fingerprint density at radius 3 is 3.08 bits per heavy atom. The Bertz CT molecular complexity index is 310. The molecule has 13 heavy (non-hydrogen) atoms. The van der Waals surface area contributed by atoms with E-state index in [4.69, 9.17) is 10.5 Å². The van der Waals surface area contributed by atoms with E-state index >= 15 is 0 Å². The summed E-state index contributed by atoms with van der Waals surface area (Å²) in [5, 5.41) is 0. The van der Waals surface area contributed by atoms with Gasteiger partial charge in [-0.25, -0.2) is 9.97 Å². The second kappa shape index (κ2) is 3.53. The second-order valence-electron chi connectivity index (χ2n) is 2.86. The highest BCUT2D eigenvalue weighted by molar-refractivity contribution is 5.17. The number of nitrogens with zero attached hydrogens (tertiary/aromatic N) is 2. The molecule has 0 fully saturated rings. The molecule has 0 amide bonds. The van der Waals surface area contributed by atoms with E-state index in [1.54, 1.807) is 12.3 Å². The molecule has 0 spiro atoms. The van der Waals surface area contributed by atoms with Crippen molar-refractivity contribution in [1.29, 1.82) is 0 Å². The van der Waals surface area contributed by atoms with Crippen LogP contribution < -0.4 is 5.73 Å². The SMILES string of the molecule is NC(C1=CCCO1)c1ccncn1. The maximum atomic E-state index is 5.92. The fourth-order valence-electron chi connectivity index (χ4n) is 1.28. The number of ether oxygens (including phenoxy) is 1. The molecule has 2 heterocycles. The van der Waals surface area contributed by atoms with E-state index in [9.17, 15) is 0 Å². The minimum atomic E-state index is -0.245. The lowest BCUT2D eigenvalue weighted by Gasteiger charge is -2.11. The van der Waals surface area contributed by atoms with Gasteiger partial charge in [0.25, 0.3) is 0 Å². The zero-order valence-corrected chi connectivity index (χ0v) is 7.18. The van der Waals surface area contributed by atoms with Crippen LogP contribution in [0.5, 0.6) is 0 Å². The topological polar surface area (TPSA) is 61.0 Å². The Kier molecular flexibility index (Phi) is 2.23. The van der Waals surface area contributed by atoms with Crippen molar-refractivity contribution in [3.63, 3.8) is 0 Å². The van der Waals surface area contributed by atoms with Crippen molar-refractivity contribution in [3.05, 3.63) is 36.1 Å². The summed E-state index contributed by atoms with van der Waals surface area (Å²) in [4.78, 5) is 7.89. The molecule has 0 saturated carbocycles. The molecule has 2 rings (SSSR count). The highest BCUT2D eigenvalue weighted by Crippen LogP contribution is 2.21. The predicted octanol–water partition coefficient (Wildman–Crippen LogP) is 0.781. The van der Waals surface area contributed by atoms with E-state index in [2.05, 4.69) is 9.97 Å². The molecule has 2 N–H and O–H groups in total. The first-order valence-corrected chi connectivity index (χ1v) is 4.22. The average Bonchev–Trinajstić information content (AvgIpc) is 2.71. The smallest absolute Gasteiger partial charge is 0.115 e. The van der Waals surface area contributed by atoms with Crippen LogP contribution in [0.25, 0.3) is 0 Å². The minimum Gasteiger partial charge on any atom is -0.496 e. The number of nitrogens with two attached hydrogens (primary N) is 1. The second-order valence-corrected chi connectivity index (χ2v) is 2.86. The van der Waals surface area contributed by atoms with Gasteiger partial charge < -0.3 is 10.5 Å². The molecule has 4 nitrogen and oxygen atoms in total. The van der Waals surface area contributed by atoms with Crippen molar-refractivity contribution >= 4 is 0 Å². The van der Waals surface area contributed by atoms with Crippen molar-refractivity contribution in [3.8, 4) is 0 Å². The van der Waals surface area contributed by atoms with Crippen LogP contribution in [0.2, 0.25) is 0 Å². The lowest BCUT2D eigenvalue weighted by Crippen LogP contribution is -2.15. The van der Waals surface area contributed by atoms with E-state index in [0.29, 0.717) is 0 Å². The Morgan fingerprint density at radius 1 is 1.54 bits per heavy atom. The van der Waals surface area contributed by atoms with Gasteiger partial charge in [-0.3, -0.25) is 0 Å². The lowest BCUT2D eigenvalue weighted by atomic mass is 10.2. The van der Waals surface area contributed by atoms with Crippen LogP contribution in [-0.2, 0) is 4.74 Å². The molecule has 0 aliphatic carbocycles. The Hall–Kier alpha value is -1.42. The van der Waals surface area contributed by atoms with Gasteiger partial charge in [0.2, 0.25) is 0 Å². The third-order valence-electron chi connectivity index (χ3n) is 1.96. The van der Waals surface area contributed by atoms with Crippen LogP contribution in [-0.4, -0.2) is 16.6 Å². The van der Waals surface area contributed by atoms with E-state index in [-0.39, 0.29) is 6.04 Å². The van der Waals surface area contributed by atoms with E-state index in [1.165, 1.54) is 6.33 Å². The first-order valence-electron chi connectivity index (χ1n) is 4.22. The summed E-state index contributed by atoms with van der Waals surface area (Å²) in [6.07, 6.45) is 6.11. The van der Waals surface area contributed by atoms with E-state index in [1.807, 2.05) is 6.08 Å². The maximum absolute atomic E-state index is 5.92. The third kappa shape index (κ3) is 1.67. The van der Waals surface area contributed by atoms with Crippen LogP contribution in [0.15, 0.2) is 30.4 Å². The zero-order chi connectivity index (χ0) is 9.10. The van der Waals surface area contributed by atoms with Crippen LogP contribution >= 0.6 is 0 Å². The number of aromatic nitrogens is 2. The molecule has 1 aromatic heterocycles. The molecule has 1 aromatic rings. The molecular weight excluding hydrogens is 166 g/mol. The van der Waals surface area contributed by atoms with Gasteiger partial charge in [0.1, 0.15) is 18.1 Å². The summed E-state index contributed by atoms with van der Waals surface area (Å²) < 4.78 is 5.34. The minimum absolute atomic E-state index is 0.245. The van der Waals surface area contributed by atoms with Crippen LogP contribution in [0.1, 0.15) is 18.2 Å². The van der Waals surface area contributed by atoms with Gasteiger partial charge in [-0.05, 0) is 12.1 Å².